The molecule has 0 aromatic heterocycles. The van der Waals surface area contributed by atoms with Crippen LogP contribution < -0.4 is 17.6 Å². The van der Waals surface area contributed by atoms with Crippen LogP contribution in [0, 0.1) is 0 Å². The molecule has 5 nitrogen and oxygen atoms in total. The molecule has 41 valence electrons. The van der Waals surface area contributed by atoms with E-state index in [1.165, 1.54) is 0 Å². The monoisotopic (exact) mass is 104 g/mol. The summed E-state index contributed by atoms with van der Waals surface area (Å²) < 4.78 is 0. The Hall–Kier alpha value is -1.10. The molecule has 5 heteroatoms. The lowest BCUT2D eigenvalue weighted by Gasteiger charge is -1.62. The molecule has 0 aromatic carbocycles. The first kappa shape index (κ1) is 16.8. The Labute approximate surface area is 41.2 Å². The third-order valence-electron chi connectivity index (χ3n) is 0. The third-order valence-corrected chi connectivity index (χ3v) is 0. The van der Waals surface area contributed by atoms with Gasteiger partial charge in [-0.25, -0.2) is 4.79 Å². The lowest BCUT2D eigenvalue weighted by atomic mass is 11.2. The molecule has 0 bridgehead atoms. The Kier molecular flexibility index (Phi) is 49.7. The van der Waals surface area contributed by atoms with Crippen LogP contribution in [0.15, 0.2) is 0 Å². The smallest absolute Gasteiger partial charge is 0.309 e. The molecule has 0 heterocycles. The van der Waals surface area contributed by atoms with Gasteiger partial charge in [0.15, 0.2) is 0 Å². The van der Waals surface area contributed by atoms with Gasteiger partial charge in [0.05, 0.1) is 0 Å². The highest BCUT2D eigenvalue weighted by Gasteiger charge is 1.60. The number of hydrogen-bond donors (Lipinski definition) is 2. The molecule has 0 fully saturated rings. The number of nitrogens with two attached hydrogens (primary N) is 2. The van der Waals surface area contributed by atoms with E-state index in [4.69, 9.17) is 9.59 Å². The summed E-state index contributed by atoms with van der Waals surface area (Å²) in [5.74, 6) is 0. The summed E-state index contributed by atoms with van der Waals surface area (Å²) >= 11 is 0. The van der Waals surface area contributed by atoms with Crippen LogP contribution in [-0.2, 0) is 4.79 Å². The predicted molar refractivity (Wildman–Crippen MR) is 23.0 cm³/mol. The lowest BCUT2D eigenvalue weighted by molar-refractivity contribution is -0.0979. The Morgan fingerprint density at radius 1 is 1.29 bits per heavy atom. The normalized spacial score (nSPS) is 4.00. The first-order chi connectivity index (χ1) is 2.73. The number of rotatable bonds is 0. The van der Waals surface area contributed by atoms with Gasteiger partial charge < -0.3 is 16.3 Å². The van der Waals surface area contributed by atoms with Crippen molar-refractivity contribution in [3.05, 3.63) is 0 Å². The van der Waals surface area contributed by atoms with Gasteiger partial charge in [0.1, 0.15) is 6.79 Å². The minimum absolute atomic E-state index is 0. The summed E-state index contributed by atoms with van der Waals surface area (Å²) in [6.45, 7) is 2.00. The maximum absolute atomic E-state index is 9.00. The molecular formula is C2H6N3O2. The van der Waals surface area contributed by atoms with Crippen LogP contribution in [0.25, 0.3) is 0 Å². The Bertz CT molecular complexity index is 42.2. The van der Waals surface area contributed by atoms with Crippen molar-refractivity contribution in [2.45, 2.75) is 0 Å². The molecule has 0 saturated carbocycles. The van der Waals surface area contributed by atoms with Crippen molar-refractivity contribution in [2.75, 3.05) is 0 Å². The fourth-order valence-electron chi connectivity index (χ4n) is 0. The highest BCUT2D eigenvalue weighted by molar-refractivity contribution is 5.69. The van der Waals surface area contributed by atoms with Crippen molar-refractivity contribution in [1.29, 1.82) is 0 Å². The first-order valence-electron chi connectivity index (χ1n) is 1.07. The number of primary amides is 2. The van der Waals surface area contributed by atoms with Crippen molar-refractivity contribution in [1.82, 2.24) is 6.15 Å². The topological polar surface area (TPSA) is 117 Å². The lowest BCUT2D eigenvalue weighted by Crippen LogP contribution is -2.18. The van der Waals surface area contributed by atoms with E-state index in [-0.39, 0.29) is 6.15 Å². The van der Waals surface area contributed by atoms with Crippen LogP contribution in [0.5, 0.6) is 0 Å². The second kappa shape index (κ2) is 20.6. The summed E-state index contributed by atoms with van der Waals surface area (Å²) in [5.41, 5.74) is 8.50. The second-order valence-electron chi connectivity index (χ2n) is 0.402. The van der Waals surface area contributed by atoms with Crippen LogP contribution in [-0.4, -0.2) is 12.8 Å². The number of amides is 2. The van der Waals surface area contributed by atoms with E-state index in [0.29, 0.717) is 0 Å². The zero-order valence-electron chi connectivity index (χ0n) is 3.63. The molecule has 2 amide bonds. The molecule has 0 spiro atoms. The number of hydrogen-bond acceptors (Lipinski definition) is 2. The van der Waals surface area contributed by atoms with Gasteiger partial charge in [-0.3, -0.25) is 0 Å². The third kappa shape index (κ3) is 34.1. The molecule has 3 radical (unpaired) electrons. The maximum Gasteiger partial charge on any atom is 0.309 e. The predicted octanol–water partition coefficient (Wildman–Crippen LogP) is -1.64. The van der Waals surface area contributed by atoms with E-state index in [9.17, 15) is 0 Å². The van der Waals surface area contributed by atoms with Crippen molar-refractivity contribution >= 4 is 12.8 Å². The highest BCUT2D eigenvalue weighted by Crippen LogP contribution is 1.25. The highest BCUT2D eigenvalue weighted by atomic mass is 16.2. The Balaban J connectivity index is -0.0000000480. The molecule has 0 saturated heterocycles. The molecule has 0 aliphatic heterocycles. The first-order valence-corrected chi connectivity index (χ1v) is 1.07. The number of carbonyl (C=O) groups excluding carboxylic acids is 2. The molecule has 0 aliphatic carbocycles. The van der Waals surface area contributed by atoms with Crippen LogP contribution in [0.1, 0.15) is 0 Å². The van der Waals surface area contributed by atoms with E-state index in [1.807, 2.05) is 6.79 Å². The number of nitrogens with zero attached hydrogens (tertiary/aromatic N) is 1. The molecule has 0 aliphatic rings. The van der Waals surface area contributed by atoms with Crippen LogP contribution >= 0.6 is 0 Å². The largest absolute Gasteiger partial charge is 0.352 e. The fourth-order valence-corrected chi connectivity index (χ4v) is 0. The molecule has 0 aromatic rings. The van der Waals surface area contributed by atoms with E-state index >= 15 is 0 Å². The Morgan fingerprint density at radius 3 is 1.29 bits per heavy atom. The molecule has 7 heavy (non-hydrogen) atoms. The average molecular weight is 104 g/mol. The van der Waals surface area contributed by atoms with E-state index in [0.717, 1.165) is 0 Å². The van der Waals surface area contributed by atoms with Gasteiger partial charge >= 0.3 is 6.03 Å². The van der Waals surface area contributed by atoms with E-state index in [1.54, 1.807) is 0 Å². The summed E-state index contributed by atoms with van der Waals surface area (Å²) in [6.07, 6.45) is 0. The molecule has 4 N–H and O–H groups in total. The second-order valence-corrected chi connectivity index (χ2v) is 0.402. The van der Waals surface area contributed by atoms with Crippen molar-refractivity contribution in [2.24, 2.45) is 11.5 Å². The summed E-state index contributed by atoms with van der Waals surface area (Å²) in [7, 11) is 0. The quantitative estimate of drug-likeness (QED) is 0.383. The summed E-state index contributed by atoms with van der Waals surface area (Å²) in [5, 5.41) is 0. The van der Waals surface area contributed by atoms with Crippen LogP contribution in [0.2, 0.25) is 0 Å². The van der Waals surface area contributed by atoms with Crippen molar-refractivity contribution in [3.63, 3.8) is 0 Å². The van der Waals surface area contributed by atoms with E-state index < -0.39 is 6.03 Å². The molecule has 0 unspecified atom stereocenters. The van der Waals surface area contributed by atoms with Crippen LogP contribution in [0.3, 0.4) is 0 Å². The summed E-state index contributed by atoms with van der Waals surface area (Å²) in [6, 6.07) is -0.833. The SMILES string of the molecule is C=O.NC(N)=O.[N]. The maximum atomic E-state index is 9.00. The zero-order chi connectivity index (χ0) is 5.58. The summed E-state index contributed by atoms with van der Waals surface area (Å²) in [4.78, 5) is 17.0. The fraction of sp³-hybridized carbons (Fsp3) is 0. The number of urea groups is 1. The van der Waals surface area contributed by atoms with E-state index in [2.05, 4.69) is 11.5 Å². The van der Waals surface area contributed by atoms with Crippen molar-refractivity contribution < 1.29 is 9.59 Å². The van der Waals surface area contributed by atoms with Gasteiger partial charge in [-0.15, -0.1) is 0 Å². The molecule has 0 atom stereocenters. The van der Waals surface area contributed by atoms with Crippen LogP contribution in [0.4, 0.5) is 4.79 Å². The van der Waals surface area contributed by atoms with Gasteiger partial charge in [-0.2, -0.15) is 0 Å². The Morgan fingerprint density at radius 2 is 1.29 bits per heavy atom. The van der Waals surface area contributed by atoms with Gasteiger partial charge in [0.2, 0.25) is 0 Å². The molecular weight excluding hydrogens is 98.0 g/mol. The zero-order valence-corrected chi connectivity index (χ0v) is 3.63. The molecule has 0 rings (SSSR count). The van der Waals surface area contributed by atoms with Crippen molar-refractivity contribution in [3.8, 4) is 0 Å². The van der Waals surface area contributed by atoms with Gasteiger partial charge in [0, 0.05) is 6.15 Å². The average Bonchev–Trinajstić information content (AvgIpc) is 1.41. The minimum Gasteiger partial charge on any atom is -0.352 e. The van der Waals surface area contributed by atoms with Gasteiger partial charge in [0.25, 0.3) is 0 Å². The number of carbonyl (C=O) groups is 2. The standard InChI is InChI=1S/CH4N2O.CH2O.N/c2-1(3)4;1-2;/h(H4,2,3,4);1H2;. The van der Waals surface area contributed by atoms with Gasteiger partial charge in [-0.1, -0.05) is 0 Å². The minimum atomic E-state index is -0.833. The van der Waals surface area contributed by atoms with Gasteiger partial charge in [-0.05, 0) is 0 Å².